The van der Waals surface area contributed by atoms with Crippen molar-refractivity contribution in [3.05, 3.63) is 0 Å². The Hall–Kier alpha value is 0.380. The summed E-state index contributed by atoms with van der Waals surface area (Å²) in [6.07, 6.45) is 13.3. The van der Waals surface area contributed by atoms with Crippen molar-refractivity contribution in [3.8, 4) is 0 Å². The fourth-order valence-corrected chi connectivity index (χ4v) is 3.04. The van der Waals surface area contributed by atoms with Crippen molar-refractivity contribution in [3.63, 3.8) is 0 Å². The number of hydrogen-bond donors (Lipinski definition) is 1. The van der Waals surface area contributed by atoms with Crippen molar-refractivity contribution in [2.45, 2.75) is 84.0 Å². The van der Waals surface area contributed by atoms with Crippen LogP contribution in [0.25, 0.3) is 0 Å². The number of carbonyl (C=O) groups excluding carboxylic acids is 1. The van der Waals surface area contributed by atoms with Gasteiger partial charge in [-0.2, -0.15) is 8.42 Å². The molecule has 0 saturated heterocycles. The molecule has 0 fully saturated rings. The van der Waals surface area contributed by atoms with Gasteiger partial charge in [0.15, 0.2) is 0 Å². The van der Waals surface area contributed by atoms with E-state index in [-0.39, 0.29) is 48.3 Å². The molecule has 0 aromatic carbocycles. The maximum atomic E-state index is 11.4. The van der Waals surface area contributed by atoms with Crippen molar-refractivity contribution in [1.82, 2.24) is 0 Å². The number of hydrogen-bond acceptors (Lipinski definition) is 5. The van der Waals surface area contributed by atoms with E-state index in [0.29, 0.717) is 6.42 Å². The molecule has 0 aliphatic heterocycles. The largest absolute Gasteiger partial charge is 0.346 e. The number of nitrogens with two attached hydrogens (primary N) is 1. The van der Waals surface area contributed by atoms with Crippen LogP contribution in [0.1, 0.15) is 84.0 Å². The molecular weight excluding hydrogens is 325 g/mol. The molecular formula is C16H33NNaO4S. The topological polar surface area (TPSA) is 86.5 Å². The van der Waals surface area contributed by atoms with E-state index in [1.165, 1.54) is 51.4 Å². The van der Waals surface area contributed by atoms with Gasteiger partial charge in [0.2, 0.25) is 0 Å². The molecule has 0 aliphatic carbocycles. The van der Waals surface area contributed by atoms with Crippen LogP contribution >= 0.6 is 0 Å². The van der Waals surface area contributed by atoms with Crippen LogP contribution in [0.2, 0.25) is 0 Å². The molecule has 0 saturated carbocycles. The zero-order valence-electron chi connectivity index (χ0n) is 15.0. The molecule has 1 radical (unpaired) electrons. The Morgan fingerprint density at radius 2 is 1.30 bits per heavy atom. The molecule has 0 aromatic rings. The van der Waals surface area contributed by atoms with E-state index in [4.69, 9.17) is 5.73 Å². The first-order valence-electron chi connectivity index (χ1n) is 8.67. The van der Waals surface area contributed by atoms with Crippen LogP contribution in [0, 0.1) is 0 Å². The molecule has 0 spiro atoms. The third kappa shape index (κ3) is 18.6. The van der Waals surface area contributed by atoms with Crippen molar-refractivity contribution >= 4 is 45.6 Å². The number of rotatable bonds is 15. The summed E-state index contributed by atoms with van der Waals surface area (Å²) >= 11 is 0. The second-order valence-corrected chi connectivity index (χ2v) is 7.48. The quantitative estimate of drug-likeness (QED) is 0.276. The summed E-state index contributed by atoms with van der Waals surface area (Å²) in [6, 6.07) is 0. The van der Waals surface area contributed by atoms with Gasteiger partial charge < -0.3 is 9.92 Å². The zero-order valence-corrected chi connectivity index (χ0v) is 17.8. The Kier molecular flexibility index (Phi) is 19.2. The van der Waals surface area contributed by atoms with Gasteiger partial charge in [-0.1, -0.05) is 71.1 Å². The molecule has 133 valence electrons. The fourth-order valence-electron chi connectivity index (χ4n) is 2.30. The minimum atomic E-state index is -3.77. The van der Waals surface area contributed by atoms with Crippen LogP contribution < -0.4 is 5.73 Å². The maximum absolute atomic E-state index is 11.4. The molecule has 0 heterocycles. The van der Waals surface area contributed by atoms with Crippen molar-refractivity contribution < 1.29 is 17.4 Å². The third-order valence-corrected chi connectivity index (χ3v) is 4.75. The summed E-state index contributed by atoms with van der Waals surface area (Å²) < 4.78 is 26.9. The van der Waals surface area contributed by atoms with Crippen LogP contribution in [-0.4, -0.2) is 56.2 Å². The Labute approximate surface area is 164 Å². The second kappa shape index (κ2) is 17.2. The van der Waals surface area contributed by atoms with E-state index in [1.54, 1.807) is 0 Å². The molecule has 5 nitrogen and oxygen atoms in total. The molecule has 0 bridgehead atoms. The summed E-state index contributed by atoms with van der Waals surface area (Å²) in [5.74, 6) is -0.971. The second-order valence-electron chi connectivity index (χ2n) is 5.79. The summed E-state index contributed by atoms with van der Waals surface area (Å²) in [6.45, 7) is 2.19. The number of unbranched alkanes of at least 4 members (excludes halogenated alkanes) is 10. The summed E-state index contributed by atoms with van der Waals surface area (Å²) in [7, 11) is -3.77. The van der Waals surface area contributed by atoms with E-state index in [9.17, 15) is 13.2 Å². The Morgan fingerprint density at radius 1 is 0.870 bits per heavy atom. The summed E-state index contributed by atoms with van der Waals surface area (Å²) in [5.41, 5.74) is 5.13. The Morgan fingerprint density at radius 3 is 1.74 bits per heavy atom. The predicted molar refractivity (Wildman–Crippen MR) is 95.8 cm³/mol. The summed E-state index contributed by atoms with van der Waals surface area (Å²) in [5, 5.41) is 0. The van der Waals surface area contributed by atoms with E-state index < -0.39 is 16.1 Å². The minimum Gasteiger partial charge on any atom is -0.346 e. The van der Waals surface area contributed by atoms with Crippen LogP contribution in [0.5, 0.6) is 0 Å². The van der Waals surface area contributed by atoms with Crippen molar-refractivity contribution in [2.75, 3.05) is 12.3 Å². The van der Waals surface area contributed by atoms with Crippen LogP contribution in [-0.2, 0) is 19.1 Å². The molecule has 0 atom stereocenters. The normalized spacial score (nSPS) is 11.0. The molecule has 0 aliphatic rings. The van der Waals surface area contributed by atoms with Crippen LogP contribution in [0.15, 0.2) is 0 Å². The minimum absolute atomic E-state index is 0. The van der Waals surface area contributed by atoms with Gasteiger partial charge in [0.1, 0.15) is 0 Å². The van der Waals surface area contributed by atoms with Crippen LogP contribution in [0.3, 0.4) is 0 Å². The summed E-state index contributed by atoms with van der Waals surface area (Å²) in [4.78, 5) is 11.4. The van der Waals surface area contributed by atoms with Gasteiger partial charge in [0.25, 0.3) is 0 Å². The fraction of sp³-hybridized carbons (Fsp3) is 0.938. The van der Waals surface area contributed by atoms with Gasteiger partial charge in [0, 0.05) is 42.5 Å². The average Bonchev–Trinajstić information content (AvgIpc) is 2.44. The van der Waals surface area contributed by atoms with Gasteiger partial charge >= 0.3 is 16.1 Å². The molecule has 2 N–H and O–H groups in total. The Balaban J connectivity index is 0. The molecule has 0 unspecified atom stereocenters. The first kappa shape index (κ1) is 25.6. The van der Waals surface area contributed by atoms with Gasteiger partial charge in [-0.15, -0.1) is 0 Å². The Bertz CT molecular complexity index is 374. The smallest absolute Gasteiger partial charge is 0.322 e. The van der Waals surface area contributed by atoms with Gasteiger partial charge in [-0.25, -0.2) is 0 Å². The average molecular weight is 359 g/mol. The standard InChI is InChI=1S/C16H33NO4S.Na/c1-2-3-4-5-6-7-8-9-10-11-12-13-16(18)21-22(19,20)15-14-17;/h2-15,17H2,1H3;. The van der Waals surface area contributed by atoms with Crippen molar-refractivity contribution in [1.29, 1.82) is 0 Å². The van der Waals surface area contributed by atoms with E-state index in [1.807, 2.05) is 0 Å². The van der Waals surface area contributed by atoms with E-state index in [0.717, 1.165) is 12.8 Å². The van der Waals surface area contributed by atoms with E-state index >= 15 is 0 Å². The molecule has 7 heteroatoms. The molecule has 0 rings (SSSR count). The van der Waals surface area contributed by atoms with Gasteiger partial charge in [-0.3, -0.25) is 4.79 Å². The first-order chi connectivity index (χ1) is 10.5. The van der Waals surface area contributed by atoms with E-state index in [2.05, 4.69) is 11.1 Å². The van der Waals surface area contributed by atoms with Gasteiger partial charge in [0.05, 0.1) is 5.75 Å². The molecule has 0 amide bonds. The van der Waals surface area contributed by atoms with Crippen molar-refractivity contribution in [2.24, 2.45) is 5.73 Å². The zero-order chi connectivity index (χ0) is 16.7. The first-order valence-corrected chi connectivity index (χ1v) is 10.2. The predicted octanol–water partition coefficient (Wildman–Crippen LogP) is 3.14. The third-order valence-electron chi connectivity index (χ3n) is 3.57. The molecule has 0 aromatic heterocycles. The SMILES string of the molecule is CCCCCCCCCCCCCC(=O)OS(=O)(=O)CCN.[Na]. The monoisotopic (exact) mass is 358 g/mol. The van der Waals surface area contributed by atoms with Crippen LogP contribution in [0.4, 0.5) is 0 Å². The molecule has 23 heavy (non-hydrogen) atoms. The maximum Gasteiger partial charge on any atom is 0.322 e. The number of carbonyl (C=O) groups is 1. The van der Waals surface area contributed by atoms with Gasteiger partial charge in [-0.05, 0) is 6.42 Å².